The fourth-order valence-electron chi connectivity index (χ4n) is 0.870. The number of aromatic nitrogens is 3. The van der Waals surface area contributed by atoms with E-state index in [0.717, 1.165) is 10.7 Å². The molecule has 0 radical (unpaired) electrons. The third-order valence-electron chi connectivity index (χ3n) is 1.34. The van der Waals surface area contributed by atoms with Crippen LogP contribution in [0.1, 0.15) is 0 Å². The molecule has 4 nitrogen and oxygen atoms in total. The van der Waals surface area contributed by atoms with Gasteiger partial charge in [0.1, 0.15) is 5.56 Å². The maximum Gasteiger partial charge on any atom is 1.00 e. The molecule has 0 spiro atoms. The predicted octanol–water partition coefficient (Wildman–Crippen LogP) is -3.03. The Morgan fingerprint density at radius 1 is 1.67 bits per heavy atom. The van der Waals surface area contributed by atoms with Gasteiger partial charge in [-0.1, -0.05) is 0 Å². The zero-order valence-electron chi connectivity index (χ0n) is 6.34. The first-order valence-corrected chi connectivity index (χ1v) is 2.91. The summed E-state index contributed by atoms with van der Waals surface area (Å²) in [7, 11) is 0. The maximum atomic E-state index is 12.7. The van der Waals surface area contributed by atoms with Gasteiger partial charge in [-0.2, -0.15) is 11.3 Å². The number of nitrogens with one attached hydrogen (secondary N) is 1. The van der Waals surface area contributed by atoms with Crippen molar-refractivity contribution < 1.29 is 55.8 Å². The van der Waals surface area contributed by atoms with E-state index in [1.807, 2.05) is 0 Å². The second kappa shape index (κ2) is 3.80. The largest absolute Gasteiger partial charge is 1.00 e. The van der Waals surface area contributed by atoms with Crippen LogP contribution in [-0.4, -0.2) is 14.6 Å². The molecular weight excluding hydrogens is 188 g/mol. The van der Waals surface area contributed by atoms with E-state index in [-0.39, 0.29) is 56.9 Å². The summed E-state index contributed by atoms with van der Waals surface area (Å²) >= 11 is 0. The van der Waals surface area contributed by atoms with Crippen molar-refractivity contribution in [3.05, 3.63) is 34.8 Å². The van der Waals surface area contributed by atoms with E-state index < -0.39 is 11.4 Å². The first-order chi connectivity index (χ1) is 5.29. The number of hydrogen-bond donors (Lipinski definition) is 1. The summed E-state index contributed by atoms with van der Waals surface area (Å²) in [6.07, 6.45) is 4.74. The van der Waals surface area contributed by atoms with Crippen molar-refractivity contribution in [1.82, 2.24) is 14.6 Å². The van der Waals surface area contributed by atoms with E-state index in [1.165, 1.54) is 6.20 Å². The van der Waals surface area contributed by atoms with Gasteiger partial charge in [-0.05, 0) is 6.20 Å². The summed E-state index contributed by atoms with van der Waals surface area (Å²) in [5, 5.41) is 3.57. The molecule has 2 aromatic rings. The molecule has 0 bridgehead atoms. The van der Waals surface area contributed by atoms with Crippen molar-refractivity contribution in [1.29, 1.82) is 0 Å². The average Bonchev–Trinajstić information content (AvgIpc) is 2.34. The first-order valence-electron chi connectivity index (χ1n) is 2.91. The van der Waals surface area contributed by atoms with E-state index >= 15 is 0 Å². The van der Waals surface area contributed by atoms with Crippen molar-refractivity contribution in [2.75, 3.05) is 0 Å². The number of aromatic amines is 1. The summed E-state index contributed by atoms with van der Waals surface area (Å²) in [5.41, 5.74) is -0.605. The van der Waals surface area contributed by atoms with Gasteiger partial charge in [-0.3, -0.25) is 4.52 Å². The normalized spacial score (nSPS) is 9.75. The second-order valence-corrected chi connectivity index (χ2v) is 2.01. The molecular formula is C6H3FKN3O. The van der Waals surface area contributed by atoms with Crippen LogP contribution < -0.4 is 56.9 Å². The quantitative estimate of drug-likeness (QED) is 0.355. The van der Waals surface area contributed by atoms with Gasteiger partial charge in [-0.25, -0.2) is 4.39 Å². The van der Waals surface area contributed by atoms with Crippen LogP contribution in [0.4, 0.5) is 4.39 Å². The van der Waals surface area contributed by atoms with Crippen molar-refractivity contribution in [3.8, 4) is 0 Å². The molecule has 0 aromatic carbocycles. The van der Waals surface area contributed by atoms with Crippen LogP contribution in [0.15, 0.2) is 17.2 Å². The number of halogens is 1. The minimum Gasteiger partial charge on any atom is -0.489 e. The Hall–Kier alpha value is -0.0136. The Kier molecular flexibility index (Phi) is 3.19. The molecule has 2 aromatic heterocycles. The summed E-state index contributed by atoms with van der Waals surface area (Å²) in [6.45, 7) is 0. The molecule has 0 unspecified atom stereocenters. The summed E-state index contributed by atoms with van der Waals surface area (Å²) in [5.74, 6) is -0.625. The van der Waals surface area contributed by atoms with Crippen molar-refractivity contribution in [3.63, 3.8) is 0 Å². The molecule has 0 aliphatic heterocycles. The predicted molar refractivity (Wildman–Crippen MR) is 34.6 cm³/mol. The van der Waals surface area contributed by atoms with E-state index in [0.29, 0.717) is 0 Å². The van der Waals surface area contributed by atoms with E-state index in [4.69, 9.17) is 0 Å². The minimum absolute atomic E-state index is 0. The molecule has 0 saturated heterocycles. The number of H-pyrrole nitrogens is 1. The molecule has 56 valence electrons. The Balaban J connectivity index is 0.000000720. The Morgan fingerprint density at radius 2 is 2.42 bits per heavy atom. The van der Waals surface area contributed by atoms with Gasteiger partial charge in [0.05, 0.1) is 11.7 Å². The fraction of sp³-hybridized carbons (Fsp3) is 0. The zero-order valence-corrected chi connectivity index (χ0v) is 9.46. The van der Waals surface area contributed by atoms with E-state index in [1.54, 1.807) is 0 Å². The topological polar surface area (TPSA) is 50.2 Å². The molecule has 0 aliphatic rings. The number of fused-ring (bicyclic) bond motifs is 1. The van der Waals surface area contributed by atoms with Gasteiger partial charge in [0, 0.05) is 0 Å². The van der Waals surface area contributed by atoms with E-state index in [9.17, 15) is 9.18 Å². The number of hydrogen-bond acceptors (Lipinski definition) is 2. The van der Waals surface area contributed by atoms with E-state index in [2.05, 4.69) is 16.3 Å². The molecule has 0 fully saturated rings. The van der Waals surface area contributed by atoms with Crippen LogP contribution in [0.2, 0.25) is 0 Å². The van der Waals surface area contributed by atoms with Crippen molar-refractivity contribution in [2.45, 2.75) is 0 Å². The second-order valence-electron chi connectivity index (χ2n) is 2.01. The van der Waals surface area contributed by atoms with Gasteiger partial charge in [0.15, 0.2) is 5.82 Å². The van der Waals surface area contributed by atoms with Gasteiger partial charge < -0.3 is 9.78 Å². The molecule has 1 N–H and O–H groups in total. The molecule has 2 rings (SSSR count). The van der Waals surface area contributed by atoms with Crippen molar-refractivity contribution in [2.24, 2.45) is 0 Å². The molecule has 6 heteroatoms. The number of rotatable bonds is 0. The summed E-state index contributed by atoms with van der Waals surface area (Å²) < 4.78 is 13.8. The third kappa shape index (κ3) is 1.53. The van der Waals surface area contributed by atoms with Crippen molar-refractivity contribution >= 4 is 5.52 Å². The van der Waals surface area contributed by atoms with Crippen LogP contribution in [0.3, 0.4) is 0 Å². The molecule has 0 amide bonds. The molecule has 12 heavy (non-hydrogen) atoms. The SMILES string of the molecule is O=c1[nH][c-]cn2ncc(F)c12.[K+]. The van der Waals surface area contributed by atoms with Crippen LogP contribution in [0, 0.1) is 12.0 Å². The average molecular weight is 191 g/mol. The first kappa shape index (κ1) is 10.1. The molecule has 2 heterocycles. The smallest absolute Gasteiger partial charge is 0.489 e. The molecule has 0 aliphatic carbocycles. The summed E-state index contributed by atoms with van der Waals surface area (Å²) in [6, 6.07) is 0. The third-order valence-corrected chi connectivity index (χ3v) is 1.34. The fourth-order valence-corrected chi connectivity index (χ4v) is 0.870. The van der Waals surface area contributed by atoms with Crippen LogP contribution in [-0.2, 0) is 0 Å². The molecule has 0 atom stereocenters. The van der Waals surface area contributed by atoms with Gasteiger partial charge >= 0.3 is 51.4 Å². The van der Waals surface area contributed by atoms with Crippen LogP contribution in [0.5, 0.6) is 0 Å². The van der Waals surface area contributed by atoms with Crippen LogP contribution in [0.25, 0.3) is 5.52 Å². The summed E-state index contributed by atoms with van der Waals surface area (Å²) in [4.78, 5) is 13.1. The maximum absolute atomic E-state index is 12.7. The monoisotopic (exact) mass is 191 g/mol. The van der Waals surface area contributed by atoms with Gasteiger partial charge in [0.2, 0.25) is 0 Å². The van der Waals surface area contributed by atoms with Crippen LogP contribution >= 0.6 is 0 Å². The Labute approximate surface area is 109 Å². The number of nitrogens with zero attached hydrogens (tertiary/aromatic N) is 2. The zero-order chi connectivity index (χ0) is 7.84. The minimum atomic E-state index is -0.625. The van der Waals surface area contributed by atoms with Gasteiger partial charge in [0.25, 0.3) is 0 Å². The Bertz CT molecular complexity index is 449. The standard InChI is InChI=1S/C6H3FN3O.K/c7-4-3-9-10-2-1-8-6(11)5(4)10;/h2-3H,(H,8,11);/q-1;+1. The Morgan fingerprint density at radius 3 is 3.08 bits per heavy atom. The molecule has 0 saturated carbocycles. The van der Waals surface area contributed by atoms with Gasteiger partial charge in [-0.15, -0.1) is 0 Å².